The Labute approximate surface area is 182 Å². The van der Waals surface area contributed by atoms with Crippen LogP contribution in [0.3, 0.4) is 0 Å². The summed E-state index contributed by atoms with van der Waals surface area (Å²) in [5.74, 6) is 0.710. The van der Waals surface area contributed by atoms with E-state index in [1.54, 1.807) is 18.4 Å². The van der Waals surface area contributed by atoms with Crippen LogP contribution in [0.4, 0.5) is 15.2 Å². The zero-order valence-corrected chi connectivity index (χ0v) is 17.8. The van der Waals surface area contributed by atoms with Crippen molar-refractivity contribution >= 4 is 39.8 Å². The molecule has 9 heteroatoms. The summed E-state index contributed by atoms with van der Waals surface area (Å²) in [6, 6.07) is 9.87. The van der Waals surface area contributed by atoms with E-state index in [2.05, 4.69) is 21.6 Å². The number of amides is 1. The third-order valence-corrected chi connectivity index (χ3v) is 6.57. The quantitative estimate of drug-likeness (QED) is 0.457. The molecule has 0 fully saturated rings. The summed E-state index contributed by atoms with van der Waals surface area (Å²) in [5, 5.41) is 11.8. The van der Waals surface area contributed by atoms with Crippen molar-refractivity contribution < 1.29 is 13.6 Å². The van der Waals surface area contributed by atoms with Gasteiger partial charge in [-0.25, -0.2) is 4.39 Å². The van der Waals surface area contributed by atoms with Gasteiger partial charge in [-0.2, -0.15) is 0 Å². The number of allylic oxidation sites excluding steroid dienone is 2. The van der Waals surface area contributed by atoms with E-state index in [-0.39, 0.29) is 17.5 Å². The first-order valence-corrected chi connectivity index (χ1v) is 11.5. The predicted molar refractivity (Wildman–Crippen MR) is 116 cm³/mol. The van der Waals surface area contributed by atoms with Crippen LogP contribution in [0.25, 0.3) is 0 Å². The number of thioether (sulfide) groups is 1. The van der Waals surface area contributed by atoms with Gasteiger partial charge in [0.1, 0.15) is 11.6 Å². The molecule has 0 saturated carbocycles. The number of carbonyl (C=O) groups is 1. The minimum atomic E-state index is -0.321. The highest BCUT2D eigenvalue weighted by Gasteiger charge is 2.21. The highest BCUT2D eigenvalue weighted by molar-refractivity contribution is 8.01. The number of nitrogens with zero attached hydrogens (tertiary/aromatic N) is 3. The largest absolute Gasteiger partial charge is 0.467 e. The number of furan rings is 1. The maximum absolute atomic E-state index is 13.3. The number of nitrogens with one attached hydrogen (secondary N) is 1. The molecule has 0 saturated heterocycles. The van der Waals surface area contributed by atoms with Crippen molar-refractivity contribution in [2.24, 2.45) is 0 Å². The topological polar surface area (TPSA) is 71.3 Å². The van der Waals surface area contributed by atoms with E-state index >= 15 is 0 Å². The Hall–Kier alpha value is -2.65. The average Bonchev–Trinajstić information content (AvgIpc) is 3.43. The molecule has 1 aliphatic carbocycles. The third-order valence-electron chi connectivity index (χ3n) is 4.61. The molecule has 0 atom stereocenters. The van der Waals surface area contributed by atoms with Gasteiger partial charge in [-0.05, 0) is 56.0 Å². The molecule has 0 aliphatic heterocycles. The molecule has 1 aromatic carbocycles. The molecule has 156 valence electrons. The monoisotopic (exact) mass is 444 g/mol. The summed E-state index contributed by atoms with van der Waals surface area (Å²) >= 11 is 2.68. The van der Waals surface area contributed by atoms with Crippen LogP contribution in [-0.4, -0.2) is 26.8 Å². The molecule has 3 aromatic rings. The van der Waals surface area contributed by atoms with Crippen molar-refractivity contribution in [2.45, 2.75) is 36.6 Å². The number of halogens is 1. The van der Waals surface area contributed by atoms with Crippen molar-refractivity contribution in [1.82, 2.24) is 15.1 Å². The lowest BCUT2D eigenvalue weighted by molar-refractivity contribution is -0.127. The van der Waals surface area contributed by atoms with Crippen LogP contribution >= 0.6 is 23.1 Å². The summed E-state index contributed by atoms with van der Waals surface area (Å²) in [5.41, 5.74) is 1.67. The Balaban J connectivity index is 1.38. The highest BCUT2D eigenvalue weighted by atomic mass is 32.2. The van der Waals surface area contributed by atoms with Gasteiger partial charge in [0.25, 0.3) is 0 Å². The fourth-order valence-electron chi connectivity index (χ4n) is 3.18. The van der Waals surface area contributed by atoms with Gasteiger partial charge >= 0.3 is 0 Å². The minimum absolute atomic E-state index is 0.0133. The second-order valence-electron chi connectivity index (χ2n) is 6.80. The van der Waals surface area contributed by atoms with Crippen LogP contribution in [0.2, 0.25) is 0 Å². The van der Waals surface area contributed by atoms with Crippen LogP contribution < -0.4 is 5.32 Å². The minimum Gasteiger partial charge on any atom is -0.467 e. The second kappa shape index (κ2) is 9.90. The van der Waals surface area contributed by atoms with E-state index in [0.717, 1.165) is 37.1 Å². The normalized spacial score (nSPS) is 13.7. The van der Waals surface area contributed by atoms with Gasteiger partial charge in [0.05, 0.1) is 18.6 Å². The summed E-state index contributed by atoms with van der Waals surface area (Å²) in [4.78, 5) is 14.8. The molecule has 4 rings (SSSR count). The summed E-state index contributed by atoms with van der Waals surface area (Å²) in [6.07, 6.45) is 7.92. The van der Waals surface area contributed by atoms with Crippen LogP contribution in [0, 0.1) is 5.82 Å². The van der Waals surface area contributed by atoms with Gasteiger partial charge in [-0.3, -0.25) is 4.79 Å². The van der Waals surface area contributed by atoms with Crippen LogP contribution in [-0.2, 0) is 11.3 Å². The molecule has 2 heterocycles. The summed E-state index contributed by atoms with van der Waals surface area (Å²) in [6.45, 7) is 0.431. The molecule has 0 radical (unpaired) electrons. The van der Waals surface area contributed by atoms with Gasteiger partial charge in [0, 0.05) is 11.4 Å². The molecular formula is C21H21FN4O2S2. The van der Waals surface area contributed by atoms with Crippen LogP contribution in [0.5, 0.6) is 0 Å². The first-order valence-electron chi connectivity index (χ1n) is 9.68. The van der Waals surface area contributed by atoms with E-state index in [1.165, 1.54) is 35.2 Å². The Morgan fingerprint density at radius 2 is 2.20 bits per heavy atom. The molecule has 6 nitrogen and oxygen atoms in total. The second-order valence-corrected chi connectivity index (χ2v) is 9.00. The Bertz CT molecular complexity index is 1020. The fourth-order valence-corrected chi connectivity index (χ4v) is 4.83. The van der Waals surface area contributed by atoms with Crippen molar-refractivity contribution in [3.05, 3.63) is 66.0 Å². The molecule has 1 amide bonds. The molecule has 2 aromatic heterocycles. The zero-order chi connectivity index (χ0) is 20.8. The lowest BCUT2D eigenvalue weighted by atomic mass is 10.0. The van der Waals surface area contributed by atoms with Crippen molar-refractivity contribution in [1.29, 1.82) is 0 Å². The van der Waals surface area contributed by atoms with Crippen LogP contribution in [0.15, 0.2) is 63.2 Å². The van der Waals surface area contributed by atoms with Gasteiger partial charge < -0.3 is 14.6 Å². The van der Waals surface area contributed by atoms with Crippen molar-refractivity contribution in [2.75, 3.05) is 11.1 Å². The van der Waals surface area contributed by atoms with E-state index in [1.807, 2.05) is 17.0 Å². The lowest BCUT2D eigenvalue weighted by Crippen LogP contribution is -2.32. The maximum Gasteiger partial charge on any atom is 0.237 e. The average molecular weight is 445 g/mol. The Morgan fingerprint density at radius 1 is 1.27 bits per heavy atom. The van der Waals surface area contributed by atoms with Gasteiger partial charge in [0.15, 0.2) is 4.34 Å². The number of aromatic nitrogens is 2. The third kappa shape index (κ3) is 5.48. The van der Waals surface area contributed by atoms with Gasteiger partial charge in [-0.1, -0.05) is 35.2 Å². The predicted octanol–water partition coefficient (Wildman–Crippen LogP) is 5.59. The smallest absolute Gasteiger partial charge is 0.237 e. The molecule has 0 unspecified atom stereocenters. The number of carbonyl (C=O) groups excluding carboxylic acids is 1. The summed E-state index contributed by atoms with van der Waals surface area (Å²) in [7, 11) is 0. The van der Waals surface area contributed by atoms with Gasteiger partial charge in [0.2, 0.25) is 11.0 Å². The SMILES string of the molecule is O=C(CSc1nnc(Nc2cccc(F)c2)s1)N(Cc1ccco1)C1=CCCCC1. The number of hydrogen-bond acceptors (Lipinski definition) is 7. The van der Waals surface area contributed by atoms with E-state index in [9.17, 15) is 9.18 Å². The maximum atomic E-state index is 13.3. The molecule has 1 N–H and O–H groups in total. The fraction of sp³-hybridized carbons (Fsp3) is 0.286. The highest BCUT2D eigenvalue weighted by Crippen LogP contribution is 2.29. The Kier molecular flexibility index (Phi) is 6.81. The van der Waals surface area contributed by atoms with Crippen LogP contribution in [0.1, 0.15) is 31.4 Å². The molecular weight excluding hydrogens is 423 g/mol. The van der Waals surface area contributed by atoms with E-state index in [4.69, 9.17) is 4.42 Å². The molecule has 0 spiro atoms. The first kappa shape index (κ1) is 20.6. The van der Waals surface area contributed by atoms with E-state index < -0.39 is 0 Å². The van der Waals surface area contributed by atoms with Crippen molar-refractivity contribution in [3.63, 3.8) is 0 Å². The Morgan fingerprint density at radius 3 is 2.97 bits per heavy atom. The molecule has 0 bridgehead atoms. The standard InChI is InChI=1S/C21H21FN4O2S2/c22-15-6-4-7-16(12-15)23-20-24-25-21(30-20)29-14-19(27)26(13-18-10-5-11-28-18)17-8-2-1-3-9-17/h4-8,10-12H,1-3,9,13-14H2,(H,23,24). The molecule has 30 heavy (non-hydrogen) atoms. The number of rotatable bonds is 8. The van der Waals surface area contributed by atoms with E-state index in [0.29, 0.717) is 21.7 Å². The zero-order valence-electron chi connectivity index (χ0n) is 16.2. The van der Waals surface area contributed by atoms with Gasteiger partial charge in [-0.15, -0.1) is 10.2 Å². The number of hydrogen-bond donors (Lipinski definition) is 1. The lowest BCUT2D eigenvalue weighted by Gasteiger charge is -2.26. The number of benzene rings is 1. The van der Waals surface area contributed by atoms with Crippen molar-refractivity contribution in [3.8, 4) is 0 Å². The molecule has 1 aliphatic rings. The summed E-state index contributed by atoms with van der Waals surface area (Å²) < 4.78 is 19.5. The first-order chi connectivity index (χ1) is 14.7. The number of anilines is 2.